The molecule has 1 aromatic heterocycles. The molecule has 2 saturated heterocycles. The van der Waals surface area contributed by atoms with Gasteiger partial charge in [0.1, 0.15) is 12.4 Å². The molecule has 0 spiro atoms. The Morgan fingerprint density at radius 3 is 2.88 bits per heavy atom. The van der Waals surface area contributed by atoms with Crippen LogP contribution in [0.2, 0.25) is 0 Å². The van der Waals surface area contributed by atoms with Gasteiger partial charge in [0.25, 0.3) is 0 Å². The van der Waals surface area contributed by atoms with E-state index >= 15 is 0 Å². The molecule has 1 aromatic carbocycles. The zero-order chi connectivity index (χ0) is 17.1. The summed E-state index contributed by atoms with van der Waals surface area (Å²) in [7, 11) is 0. The monoisotopic (exact) mass is 337 g/mol. The van der Waals surface area contributed by atoms with Crippen LogP contribution in [0.1, 0.15) is 31.0 Å². The maximum atomic E-state index is 6.09. The number of hydrogen-bond donors (Lipinski definition) is 0. The maximum absolute atomic E-state index is 6.09. The van der Waals surface area contributed by atoms with Crippen molar-refractivity contribution in [2.75, 3.05) is 19.6 Å². The van der Waals surface area contributed by atoms with E-state index in [1.165, 1.54) is 38.0 Å². The summed E-state index contributed by atoms with van der Waals surface area (Å²) in [5.74, 6) is 0.981. The molecule has 3 heterocycles. The summed E-state index contributed by atoms with van der Waals surface area (Å²) >= 11 is 0. The highest BCUT2D eigenvalue weighted by Gasteiger charge is 2.34. The van der Waals surface area contributed by atoms with Crippen LogP contribution in [-0.2, 0) is 13.2 Å². The molecule has 25 heavy (non-hydrogen) atoms. The van der Waals surface area contributed by atoms with Crippen molar-refractivity contribution in [3.8, 4) is 5.75 Å². The van der Waals surface area contributed by atoms with Crippen LogP contribution in [-0.4, -0.2) is 46.5 Å². The molecule has 0 saturated carbocycles. The molecule has 4 heteroatoms. The lowest BCUT2D eigenvalue weighted by Gasteiger charge is -2.42. The first-order valence-electron chi connectivity index (χ1n) is 9.38. The summed E-state index contributed by atoms with van der Waals surface area (Å²) < 4.78 is 6.09. The van der Waals surface area contributed by atoms with Crippen LogP contribution in [0.15, 0.2) is 48.7 Å². The molecule has 132 valence electrons. The summed E-state index contributed by atoms with van der Waals surface area (Å²) in [4.78, 5) is 9.64. The molecule has 0 radical (unpaired) electrons. The predicted molar refractivity (Wildman–Crippen MR) is 99.5 cm³/mol. The average molecular weight is 337 g/mol. The van der Waals surface area contributed by atoms with Crippen LogP contribution in [0.3, 0.4) is 0 Å². The Kier molecular flexibility index (Phi) is 4.99. The smallest absolute Gasteiger partial charge is 0.130 e. The van der Waals surface area contributed by atoms with Gasteiger partial charge in [-0.15, -0.1) is 0 Å². The fourth-order valence-corrected chi connectivity index (χ4v) is 4.10. The quantitative estimate of drug-likeness (QED) is 0.837. The summed E-state index contributed by atoms with van der Waals surface area (Å²) in [6, 6.07) is 15.7. The fraction of sp³-hybridized carbons (Fsp3) is 0.476. The summed E-state index contributed by atoms with van der Waals surface area (Å²) in [5.41, 5.74) is 2.24. The molecule has 4 nitrogen and oxygen atoms in total. The van der Waals surface area contributed by atoms with E-state index in [1.54, 1.807) is 0 Å². The first-order valence-corrected chi connectivity index (χ1v) is 9.38. The van der Waals surface area contributed by atoms with E-state index in [9.17, 15) is 0 Å². The lowest BCUT2D eigenvalue weighted by atomic mass is 10.1. The molecular weight excluding hydrogens is 310 g/mol. The molecular formula is C21H27N3O. The molecule has 2 atom stereocenters. The highest BCUT2D eigenvalue weighted by Crippen LogP contribution is 2.28. The molecule has 0 aliphatic carbocycles. The molecule has 4 rings (SSSR count). The number of hydrogen-bond acceptors (Lipinski definition) is 4. The normalized spacial score (nSPS) is 24.2. The topological polar surface area (TPSA) is 28.6 Å². The van der Waals surface area contributed by atoms with Crippen molar-refractivity contribution in [1.29, 1.82) is 0 Å². The number of aromatic nitrogens is 1. The third kappa shape index (κ3) is 3.86. The van der Waals surface area contributed by atoms with Gasteiger partial charge in [-0.1, -0.05) is 24.3 Å². The van der Waals surface area contributed by atoms with E-state index in [4.69, 9.17) is 4.74 Å². The summed E-state index contributed by atoms with van der Waals surface area (Å²) in [6.45, 7) is 7.49. The minimum Gasteiger partial charge on any atom is -0.487 e. The van der Waals surface area contributed by atoms with Crippen LogP contribution in [0.25, 0.3) is 0 Å². The lowest BCUT2D eigenvalue weighted by molar-refractivity contribution is 0.0533. The molecule has 2 aromatic rings. The van der Waals surface area contributed by atoms with Crippen molar-refractivity contribution in [1.82, 2.24) is 14.8 Å². The number of ether oxygens (including phenoxy) is 1. The van der Waals surface area contributed by atoms with E-state index < -0.39 is 0 Å². The third-order valence-electron chi connectivity index (χ3n) is 5.51. The van der Waals surface area contributed by atoms with Gasteiger partial charge in [-0.2, -0.15) is 0 Å². The van der Waals surface area contributed by atoms with E-state index in [1.807, 2.05) is 24.4 Å². The molecule has 0 amide bonds. The second kappa shape index (κ2) is 7.54. The highest BCUT2D eigenvalue weighted by atomic mass is 16.5. The van der Waals surface area contributed by atoms with Gasteiger partial charge in [-0.3, -0.25) is 14.8 Å². The number of rotatable bonds is 5. The van der Waals surface area contributed by atoms with Gasteiger partial charge in [0, 0.05) is 43.5 Å². The van der Waals surface area contributed by atoms with Gasteiger partial charge in [-0.25, -0.2) is 0 Å². The van der Waals surface area contributed by atoms with Crippen molar-refractivity contribution >= 4 is 0 Å². The van der Waals surface area contributed by atoms with Crippen molar-refractivity contribution in [3.63, 3.8) is 0 Å². The molecule has 2 fully saturated rings. The van der Waals surface area contributed by atoms with E-state index in [0.717, 1.165) is 24.0 Å². The van der Waals surface area contributed by atoms with Gasteiger partial charge < -0.3 is 4.74 Å². The minimum absolute atomic E-state index is 0.518. The zero-order valence-electron chi connectivity index (χ0n) is 15.0. The number of benzene rings is 1. The largest absolute Gasteiger partial charge is 0.487 e. The van der Waals surface area contributed by atoms with E-state index in [0.29, 0.717) is 12.6 Å². The van der Waals surface area contributed by atoms with Gasteiger partial charge in [0.15, 0.2) is 0 Å². The minimum atomic E-state index is 0.518. The van der Waals surface area contributed by atoms with Crippen LogP contribution >= 0.6 is 0 Å². The summed E-state index contributed by atoms with van der Waals surface area (Å²) in [5, 5.41) is 0. The van der Waals surface area contributed by atoms with Gasteiger partial charge in [0.05, 0.1) is 5.69 Å². The van der Waals surface area contributed by atoms with Crippen molar-refractivity contribution in [2.45, 2.75) is 45.0 Å². The Hall–Kier alpha value is -1.91. The van der Waals surface area contributed by atoms with Crippen LogP contribution in [0.4, 0.5) is 0 Å². The van der Waals surface area contributed by atoms with Crippen molar-refractivity contribution < 1.29 is 4.74 Å². The van der Waals surface area contributed by atoms with Crippen molar-refractivity contribution in [2.24, 2.45) is 0 Å². The van der Waals surface area contributed by atoms with Gasteiger partial charge >= 0.3 is 0 Å². The Bertz CT molecular complexity index is 691. The van der Waals surface area contributed by atoms with E-state index in [-0.39, 0.29) is 0 Å². The Balaban J connectivity index is 1.43. The standard InChI is InChI=1S/C21H27N3O/c1-17-13-23-12-6-9-20(23)15-24(17)14-18-7-2-3-10-21(18)25-16-19-8-4-5-11-22-19/h2-5,7-8,10-11,17,20H,6,9,12-16H2,1H3/t17-,20?/m1/s1. The number of piperazine rings is 1. The lowest BCUT2D eigenvalue weighted by Crippen LogP contribution is -2.54. The first kappa shape index (κ1) is 16.6. The van der Waals surface area contributed by atoms with Crippen LogP contribution in [0, 0.1) is 0 Å². The number of nitrogens with zero attached hydrogens (tertiary/aromatic N) is 3. The van der Waals surface area contributed by atoms with Crippen LogP contribution in [0.5, 0.6) is 5.75 Å². The maximum Gasteiger partial charge on any atom is 0.130 e. The van der Waals surface area contributed by atoms with Crippen LogP contribution < -0.4 is 4.74 Å². The summed E-state index contributed by atoms with van der Waals surface area (Å²) in [6.07, 6.45) is 4.52. The highest BCUT2D eigenvalue weighted by molar-refractivity contribution is 5.33. The second-order valence-electron chi connectivity index (χ2n) is 7.29. The van der Waals surface area contributed by atoms with Crippen molar-refractivity contribution in [3.05, 3.63) is 59.9 Å². The van der Waals surface area contributed by atoms with Gasteiger partial charge in [0.2, 0.25) is 0 Å². The molecule has 1 unspecified atom stereocenters. The first-order chi connectivity index (χ1) is 12.3. The van der Waals surface area contributed by atoms with Gasteiger partial charge in [-0.05, 0) is 44.5 Å². The predicted octanol–water partition coefficient (Wildman–Crippen LogP) is 3.33. The molecule has 0 N–H and O–H groups in total. The number of para-hydroxylation sites is 1. The van der Waals surface area contributed by atoms with E-state index in [2.05, 4.69) is 46.0 Å². The molecule has 2 aliphatic rings. The fourth-order valence-electron chi connectivity index (χ4n) is 4.10. The second-order valence-corrected chi connectivity index (χ2v) is 7.29. The third-order valence-corrected chi connectivity index (χ3v) is 5.51. The molecule has 0 bridgehead atoms. The SMILES string of the molecule is C[C@@H]1CN2CCCC2CN1Cc1ccccc1OCc1ccccn1. The number of fused-ring (bicyclic) bond motifs is 1. The Labute approximate surface area is 150 Å². The Morgan fingerprint density at radius 1 is 1.12 bits per heavy atom. The average Bonchev–Trinajstić information content (AvgIpc) is 3.09. The zero-order valence-corrected chi connectivity index (χ0v) is 15.0. The number of pyridine rings is 1. The Morgan fingerprint density at radius 2 is 2.00 bits per heavy atom. The molecule has 2 aliphatic heterocycles.